The van der Waals surface area contributed by atoms with Crippen LogP contribution in [0.1, 0.15) is 25.3 Å². The second kappa shape index (κ2) is 7.74. The zero-order valence-electron chi connectivity index (χ0n) is 14.5. The van der Waals surface area contributed by atoms with Crippen LogP contribution in [0.3, 0.4) is 0 Å². The summed E-state index contributed by atoms with van der Waals surface area (Å²) in [6.45, 7) is 4.75. The minimum atomic E-state index is -0.129. The highest BCUT2D eigenvalue weighted by Crippen LogP contribution is 2.38. The van der Waals surface area contributed by atoms with Gasteiger partial charge in [-0.15, -0.1) is 11.8 Å². The predicted octanol–water partition coefficient (Wildman–Crippen LogP) is 4.24. The van der Waals surface area contributed by atoms with E-state index >= 15 is 0 Å². The number of carbonyl (C=O) groups is 2. The summed E-state index contributed by atoms with van der Waals surface area (Å²) in [5.41, 5.74) is 2.76. The van der Waals surface area contributed by atoms with Gasteiger partial charge in [-0.2, -0.15) is 0 Å². The molecule has 25 heavy (non-hydrogen) atoms. The largest absolute Gasteiger partial charge is 0.326 e. The van der Waals surface area contributed by atoms with Gasteiger partial charge in [-0.25, -0.2) is 0 Å². The topological polar surface area (TPSA) is 49.4 Å². The van der Waals surface area contributed by atoms with E-state index in [9.17, 15) is 9.59 Å². The van der Waals surface area contributed by atoms with Crippen LogP contribution in [0.15, 0.2) is 53.4 Å². The van der Waals surface area contributed by atoms with Gasteiger partial charge in [0.25, 0.3) is 0 Å². The first-order valence-electron chi connectivity index (χ1n) is 8.46. The van der Waals surface area contributed by atoms with Crippen molar-refractivity contribution in [3.05, 3.63) is 54.1 Å². The predicted molar refractivity (Wildman–Crippen MR) is 103 cm³/mol. The molecule has 1 N–H and O–H groups in total. The molecule has 1 aliphatic rings. The Kier molecular flexibility index (Phi) is 5.43. The van der Waals surface area contributed by atoms with Gasteiger partial charge in [-0.1, -0.05) is 37.3 Å². The molecule has 0 fully saturated rings. The first-order chi connectivity index (χ1) is 12.0. The molecule has 1 atom stereocenters. The summed E-state index contributed by atoms with van der Waals surface area (Å²) in [5, 5.41) is 3.23. The lowest BCUT2D eigenvalue weighted by atomic mass is 10.2. The molecule has 0 bridgehead atoms. The van der Waals surface area contributed by atoms with Crippen LogP contribution >= 0.6 is 11.8 Å². The Balaban J connectivity index is 1.61. The molecule has 1 heterocycles. The third-order valence-electron chi connectivity index (χ3n) is 4.21. The van der Waals surface area contributed by atoms with E-state index < -0.39 is 0 Å². The van der Waals surface area contributed by atoms with E-state index in [0.29, 0.717) is 11.8 Å². The summed E-state index contributed by atoms with van der Waals surface area (Å²) < 4.78 is 0. The Morgan fingerprint density at radius 2 is 1.84 bits per heavy atom. The van der Waals surface area contributed by atoms with Crippen LogP contribution < -0.4 is 10.2 Å². The highest BCUT2D eigenvalue weighted by molar-refractivity contribution is 8.00. The van der Waals surface area contributed by atoms with Gasteiger partial charge < -0.3 is 10.2 Å². The van der Waals surface area contributed by atoms with Gasteiger partial charge in [0, 0.05) is 35.2 Å². The van der Waals surface area contributed by atoms with E-state index in [4.69, 9.17) is 0 Å². The minimum absolute atomic E-state index is 0.000432. The standard InChI is InChI=1S/C20H22N2O2S/c1-14-7-3-4-8-16(14)21-19(23)11-12-20(24)22-13-15(2)25-18-10-6-5-9-17(18)22/h3-10,15H,11-13H2,1-2H3,(H,21,23). The number of rotatable bonds is 4. The van der Waals surface area contributed by atoms with E-state index in [-0.39, 0.29) is 24.7 Å². The number of fused-ring (bicyclic) bond motifs is 1. The van der Waals surface area contributed by atoms with Crippen molar-refractivity contribution in [2.75, 3.05) is 16.8 Å². The SMILES string of the molecule is Cc1ccccc1NC(=O)CCC(=O)N1CC(C)Sc2ccccc21. The average Bonchev–Trinajstić information content (AvgIpc) is 2.61. The number of anilines is 2. The van der Waals surface area contributed by atoms with Gasteiger partial charge in [0.05, 0.1) is 5.69 Å². The van der Waals surface area contributed by atoms with Crippen LogP contribution in [0, 0.1) is 6.92 Å². The van der Waals surface area contributed by atoms with Gasteiger partial charge in [0.1, 0.15) is 0 Å². The molecule has 2 amide bonds. The Morgan fingerprint density at radius 1 is 1.12 bits per heavy atom. The normalized spacial score (nSPS) is 16.2. The smallest absolute Gasteiger partial charge is 0.227 e. The maximum absolute atomic E-state index is 12.7. The summed E-state index contributed by atoms with van der Waals surface area (Å²) >= 11 is 1.79. The molecule has 0 saturated carbocycles. The van der Waals surface area contributed by atoms with Gasteiger partial charge in [-0.05, 0) is 30.7 Å². The summed E-state index contributed by atoms with van der Waals surface area (Å²) in [6.07, 6.45) is 0.400. The second-order valence-electron chi connectivity index (χ2n) is 6.26. The van der Waals surface area contributed by atoms with E-state index in [1.807, 2.05) is 60.4 Å². The third kappa shape index (κ3) is 4.23. The quantitative estimate of drug-likeness (QED) is 0.893. The van der Waals surface area contributed by atoms with Crippen LogP contribution in [0.2, 0.25) is 0 Å². The molecule has 3 rings (SSSR count). The Bertz CT molecular complexity index is 791. The fourth-order valence-corrected chi connectivity index (χ4v) is 4.02. The second-order valence-corrected chi connectivity index (χ2v) is 7.74. The number of nitrogens with zero attached hydrogens (tertiary/aromatic N) is 1. The summed E-state index contributed by atoms with van der Waals surface area (Å²) in [7, 11) is 0. The Labute approximate surface area is 152 Å². The van der Waals surface area contributed by atoms with Crippen molar-refractivity contribution in [1.82, 2.24) is 0 Å². The molecular weight excluding hydrogens is 332 g/mol. The fraction of sp³-hybridized carbons (Fsp3) is 0.300. The number of amides is 2. The summed E-state index contributed by atoms with van der Waals surface area (Å²) in [6, 6.07) is 15.6. The van der Waals surface area contributed by atoms with Gasteiger partial charge >= 0.3 is 0 Å². The number of para-hydroxylation sites is 2. The van der Waals surface area contributed by atoms with Gasteiger partial charge in [0.15, 0.2) is 0 Å². The van der Waals surface area contributed by atoms with Crippen molar-refractivity contribution in [3.63, 3.8) is 0 Å². The van der Waals surface area contributed by atoms with E-state index in [1.165, 1.54) is 0 Å². The molecule has 0 aliphatic carbocycles. The van der Waals surface area contributed by atoms with E-state index in [1.54, 1.807) is 11.8 Å². The van der Waals surface area contributed by atoms with Crippen molar-refractivity contribution in [3.8, 4) is 0 Å². The number of benzene rings is 2. The van der Waals surface area contributed by atoms with Crippen LogP contribution in [0.4, 0.5) is 11.4 Å². The first kappa shape index (κ1) is 17.5. The molecule has 0 saturated heterocycles. The molecule has 1 unspecified atom stereocenters. The van der Waals surface area contributed by atoms with Crippen LogP contribution in [0.25, 0.3) is 0 Å². The van der Waals surface area contributed by atoms with Crippen molar-refractivity contribution >= 4 is 35.0 Å². The number of hydrogen-bond donors (Lipinski definition) is 1. The molecule has 0 spiro atoms. The number of thioether (sulfide) groups is 1. The molecule has 130 valence electrons. The van der Waals surface area contributed by atoms with Gasteiger partial charge in [-0.3, -0.25) is 9.59 Å². The average molecular weight is 354 g/mol. The number of carbonyl (C=O) groups excluding carboxylic acids is 2. The van der Waals surface area contributed by atoms with Gasteiger partial charge in [0.2, 0.25) is 11.8 Å². The van der Waals surface area contributed by atoms with Crippen molar-refractivity contribution in [2.24, 2.45) is 0 Å². The lowest BCUT2D eigenvalue weighted by Crippen LogP contribution is -2.38. The molecule has 2 aromatic rings. The molecule has 1 aliphatic heterocycles. The Hall–Kier alpha value is -2.27. The van der Waals surface area contributed by atoms with Crippen molar-refractivity contribution in [1.29, 1.82) is 0 Å². The van der Waals surface area contributed by atoms with Crippen molar-refractivity contribution < 1.29 is 9.59 Å². The number of hydrogen-bond acceptors (Lipinski definition) is 3. The first-order valence-corrected chi connectivity index (χ1v) is 9.34. The maximum atomic E-state index is 12.7. The molecule has 5 heteroatoms. The number of aryl methyl sites for hydroxylation is 1. The maximum Gasteiger partial charge on any atom is 0.227 e. The van der Waals surface area contributed by atoms with Crippen LogP contribution in [0.5, 0.6) is 0 Å². The zero-order chi connectivity index (χ0) is 17.8. The van der Waals surface area contributed by atoms with Crippen LogP contribution in [-0.2, 0) is 9.59 Å². The summed E-state index contributed by atoms with van der Waals surface area (Å²) in [4.78, 5) is 27.8. The highest BCUT2D eigenvalue weighted by Gasteiger charge is 2.26. The van der Waals surface area contributed by atoms with Crippen molar-refractivity contribution in [2.45, 2.75) is 36.8 Å². The fourth-order valence-electron chi connectivity index (χ4n) is 2.91. The molecule has 4 nitrogen and oxygen atoms in total. The zero-order valence-corrected chi connectivity index (χ0v) is 15.3. The Morgan fingerprint density at radius 3 is 2.64 bits per heavy atom. The monoisotopic (exact) mass is 354 g/mol. The van der Waals surface area contributed by atoms with E-state index in [2.05, 4.69) is 12.2 Å². The summed E-state index contributed by atoms with van der Waals surface area (Å²) in [5.74, 6) is -0.130. The molecule has 2 aromatic carbocycles. The molecule has 0 radical (unpaired) electrons. The lowest BCUT2D eigenvalue weighted by molar-refractivity contribution is -0.122. The lowest BCUT2D eigenvalue weighted by Gasteiger charge is -2.32. The molecule has 0 aromatic heterocycles. The van der Waals surface area contributed by atoms with E-state index in [0.717, 1.165) is 21.8 Å². The highest BCUT2D eigenvalue weighted by atomic mass is 32.2. The number of nitrogens with one attached hydrogen (secondary N) is 1. The third-order valence-corrected chi connectivity index (χ3v) is 5.36. The molecular formula is C20H22N2O2S. The van der Waals surface area contributed by atoms with Crippen LogP contribution in [-0.4, -0.2) is 23.6 Å². The minimum Gasteiger partial charge on any atom is -0.326 e.